The molecule has 3 amide bonds. The highest BCUT2D eigenvalue weighted by molar-refractivity contribution is 8.18. The number of carbonyl (C=O) groups excluding carboxylic acids is 3. The van der Waals surface area contributed by atoms with Gasteiger partial charge in [-0.15, -0.1) is 0 Å². The molecule has 39 heavy (non-hydrogen) atoms. The van der Waals surface area contributed by atoms with Crippen LogP contribution in [0, 0.1) is 31.6 Å². The number of anilines is 1. The quantitative estimate of drug-likeness (QED) is 0.386. The van der Waals surface area contributed by atoms with E-state index < -0.39 is 17.1 Å². The van der Waals surface area contributed by atoms with Crippen molar-refractivity contribution < 1.29 is 19.1 Å². The Kier molecular flexibility index (Phi) is 6.82. The number of rotatable bonds is 7. The first-order valence-electron chi connectivity index (χ1n) is 14.1. The van der Waals surface area contributed by atoms with E-state index in [9.17, 15) is 14.4 Å². The van der Waals surface area contributed by atoms with Crippen molar-refractivity contribution >= 4 is 40.6 Å². The van der Waals surface area contributed by atoms with Gasteiger partial charge >= 0.3 is 0 Å². The highest BCUT2D eigenvalue weighted by Gasteiger charge is 2.51. The molecule has 6 nitrogen and oxygen atoms in total. The minimum absolute atomic E-state index is 0.216. The second kappa shape index (κ2) is 10.2. The second-order valence-corrected chi connectivity index (χ2v) is 13.0. The Hall–Kier alpha value is -3.06. The molecule has 4 aliphatic carbocycles. The Morgan fingerprint density at radius 1 is 1.05 bits per heavy atom. The first-order valence-corrected chi connectivity index (χ1v) is 14.9. The average Bonchev–Trinajstić information content (AvgIpc) is 3.13. The summed E-state index contributed by atoms with van der Waals surface area (Å²) in [5, 5.41) is 2.41. The van der Waals surface area contributed by atoms with Gasteiger partial charge in [0.05, 0.1) is 11.5 Å². The number of nitrogens with zero attached hydrogens (tertiary/aromatic N) is 1. The number of nitrogens with one attached hydrogen (secondary N) is 1. The summed E-state index contributed by atoms with van der Waals surface area (Å²) >= 11 is 0.886. The maximum atomic E-state index is 13.3. The van der Waals surface area contributed by atoms with Gasteiger partial charge in [-0.3, -0.25) is 19.3 Å². The van der Waals surface area contributed by atoms with Crippen molar-refractivity contribution in [2.75, 3.05) is 18.5 Å². The minimum Gasteiger partial charge on any atom is -0.493 e. The van der Waals surface area contributed by atoms with Gasteiger partial charge in [0.15, 0.2) is 0 Å². The molecular weight excluding hydrogens is 508 g/mol. The summed E-state index contributed by atoms with van der Waals surface area (Å²) in [6.07, 6.45) is 9.67. The zero-order chi connectivity index (χ0) is 27.3. The van der Waals surface area contributed by atoms with Crippen molar-refractivity contribution in [3.05, 3.63) is 63.6 Å². The van der Waals surface area contributed by atoms with Crippen molar-refractivity contribution in [3.63, 3.8) is 0 Å². The molecule has 5 aliphatic rings. The highest BCUT2D eigenvalue weighted by atomic mass is 32.2. The summed E-state index contributed by atoms with van der Waals surface area (Å²) in [4.78, 5) is 40.2. The number of thioether (sulfide) groups is 1. The molecule has 1 heterocycles. The fraction of sp³-hybridized carbons (Fsp3) is 0.469. The molecule has 0 radical (unpaired) electrons. The molecule has 1 aliphatic heterocycles. The second-order valence-electron chi connectivity index (χ2n) is 12.0. The summed E-state index contributed by atoms with van der Waals surface area (Å²) < 4.78 is 5.93. The van der Waals surface area contributed by atoms with Gasteiger partial charge < -0.3 is 10.1 Å². The van der Waals surface area contributed by atoms with Crippen LogP contribution in [0.25, 0.3) is 6.08 Å². The Labute approximate surface area is 234 Å². The summed E-state index contributed by atoms with van der Waals surface area (Å²) in [5.74, 6) is 2.37. The van der Waals surface area contributed by atoms with Crippen LogP contribution in [0.5, 0.6) is 5.75 Å². The largest absolute Gasteiger partial charge is 0.493 e. The number of hydrogen-bond donors (Lipinski definition) is 1. The van der Waals surface area contributed by atoms with Gasteiger partial charge in [-0.2, -0.15) is 0 Å². The standard InChI is InChI=1S/C32H36N2O4S/c1-4-38-27-8-7-25(32-15-21-10-22(16-32)12-23(11-21)17-32)13-24(27)14-28-30(36)34(31(37)39-28)18-29(35)33-26-9-19(2)5-6-20(26)3/h5-9,13-14,21-23H,4,10-12,15-18H2,1-3H3,(H,33,35)/b28-14+. The number of ether oxygens (including phenoxy) is 1. The van der Waals surface area contributed by atoms with Crippen molar-refractivity contribution in [2.45, 2.75) is 64.7 Å². The van der Waals surface area contributed by atoms with Gasteiger partial charge in [0.1, 0.15) is 12.3 Å². The smallest absolute Gasteiger partial charge is 0.294 e. The van der Waals surface area contributed by atoms with E-state index in [0.29, 0.717) is 22.9 Å². The molecule has 204 valence electrons. The van der Waals surface area contributed by atoms with Crippen LogP contribution < -0.4 is 10.1 Å². The zero-order valence-corrected chi connectivity index (χ0v) is 23.7. The normalized spacial score (nSPS) is 28.4. The number of aryl methyl sites for hydroxylation is 2. The van der Waals surface area contributed by atoms with Crippen LogP contribution in [-0.2, 0) is 15.0 Å². The van der Waals surface area contributed by atoms with E-state index in [1.54, 1.807) is 6.08 Å². The highest BCUT2D eigenvalue weighted by Crippen LogP contribution is 2.61. The third-order valence-corrected chi connectivity index (χ3v) is 10.00. The predicted octanol–water partition coefficient (Wildman–Crippen LogP) is 6.84. The Morgan fingerprint density at radius 2 is 1.74 bits per heavy atom. The maximum Gasteiger partial charge on any atom is 0.294 e. The average molecular weight is 545 g/mol. The summed E-state index contributed by atoms with van der Waals surface area (Å²) in [5.41, 5.74) is 5.01. The first kappa shape index (κ1) is 26.2. The molecule has 1 saturated heterocycles. The van der Waals surface area contributed by atoms with Crippen molar-refractivity contribution in [2.24, 2.45) is 17.8 Å². The van der Waals surface area contributed by atoms with E-state index in [2.05, 4.69) is 17.4 Å². The molecule has 0 atom stereocenters. The number of benzene rings is 2. The lowest BCUT2D eigenvalue weighted by molar-refractivity contribution is -0.127. The fourth-order valence-corrected chi connectivity index (χ4v) is 8.55. The van der Waals surface area contributed by atoms with E-state index >= 15 is 0 Å². The SMILES string of the molecule is CCOc1ccc(C23CC4CC(CC(C4)C2)C3)cc1/C=C1/SC(=O)N(CC(=O)Nc2cc(C)ccc2C)C1=O. The van der Waals surface area contributed by atoms with Crippen LogP contribution in [0.3, 0.4) is 0 Å². The molecule has 0 aromatic heterocycles. The number of amides is 3. The topological polar surface area (TPSA) is 75.7 Å². The Balaban J connectivity index is 1.24. The van der Waals surface area contributed by atoms with Crippen molar-refractivity contribution in [1.29, 1.82) is 0 Å². The summed E-state index contributed by atoms with van der Waals surface area (Å²) in [6, 6.07) is 12.2. The van der Waals surface area contributed by atoms with Gasteiger partial charge in [-0.05, 0) is 135 Å². The third kappa shape index (κ3) is 5.02. The molecule has 4 saturated carbocycles. The molecular formula is C32H36N2O4S. The lowest BCUT2D eigenvalue weighted by atomic mass is 9.48. The van der Waals surface area contributed by atoms with Crippen LogP contribution >= 0.6 is 11.8 Å². The van der Waals surface area contributed by atoms with E-state index in [4.69, 9.17) is 4.74 Å². The maximum absolute atomic E-state index is 13.3. The predicted molar refractivity (Wildman–Crippen MR) is 155 cm³/mol. The van der Waals surface area contributed by atoms with Gasteiger partial charge in [0, 0.05) is 11.3 Å². The molecule has 0 spiro atoms. The van der Waals surface area contributed by atoms with Crippen LogP contribution in [0.4, 0.5) is 10.5 Å². The van der Waals surface area contributed by atoms with Gasteiger partial charge in [0.2, 0.25) is 5.91 Å². The van der Waals surface area contributed by atoms with E-state index in [-0.39, 0.29) is 12.0 Å². The first-order chi connectivity index (χ1) is 18.7. The van der Waals surface area contributed by atoms with Crippen molar-refractivity contribution in [3.8, 4) is 5.75 Å². The van der Waals surface area contributed by atoms with E-state index in [1.807, 2.05) is 45.0 Å². The van der Waals surface area contributed by atoms with Gasteiger partial charge in [-0.1, -0.05) is 18.2 Å². The Bertz CT molecular complexity index is 1340. The van der Waals surface area contributed by atoms with E-state index in [0.717, 1.165) is 51.1 Å². The van der Waals surface area contributed by atoms with Crippen LogP contribution in [0.1, 0.15) is 67.7 Å². The molecule has 7 heteroatoms. The number of hydrogen-bond acceptors (Lipinski definition) is 5. The molecule has 5 fully saturated rings. The van der Waals surface area contributed by atoms with Crippen LogP contribution in [0.15, 0.2) is 41.3 Å². The lowest BCUT2D eigenvalue weighted by Crippen LogP contribution is -2.48. The van der Waals surface area contributed by atoms with Crippen LogP contribution in [0.2, 0.25) is 0 Å². The summed E-state index contributed by atoms with van der Waals surface area (Å²) in [7, 11) is 0. The molecule has 7 rings (SSSR count). The minimum atomic E-state index is -0.441. The molecule has 2 aromatic rings. The van der Waals surface area contributed by atoms with Crippen molar-refractivity contribution in [1.82, 2.24) is 4.90 Å². The van der Waals surface area contributed by atoms with Gasteiger partial charge in [0.25, 0.3) is 11.1 Å². The molecule has 2 aromatic carbocycles. The number of carbonyl (C=O) groups is 3. The fourth-order valence-electron chi connectivity index (χ4n) is 7.72. The molecule has 0 unspecified atom stereocenters. The van der Waals surface area contributed by atoms with E-state index in [1.165, 1.54) is 44.1 Å². The summed E-state index contributed by atoms with van der Waals surface area (Å²) in [6.45, 7) is 5.99. The third-order valence-electron chi connectivity index (χ3n) is 9.09. The lowest BCUT2D eigenvalue weighted by Gasteiger charge is -2.57. The van der Waals surface area contributed by atoms with Crippen LogP contribution in [-0.4, -0.2) is 35.1 Å². The molecule has 4 bridgehead atoms. The van der Waals surface area contributed by atoms with Gasteiger partial charge in [-0.25, -0.2) is 0 Å². The Morgan fingerprint density at radius 3 is 2.41 bits per heavy atom. The monoisotopic (exact) mass is 544 g/mol. The zero-order valence-electron chi connectivity index (χ0n) is 22.9. The number of imide groups is 1. The molecule has 1 N–H and O–H groups in total.